The highest BCUT2D eigenvalue weighted by Gasteiger charge is 2.30. The summed E-state index contributed by atoms with van der Waals surface area (Å²) < 4.78 is 10.6. The average molecular weight is 475 g/mol. The van der Waals surface area contributed by atoms with Gasteiger partial charge in [0.15, 0.2) is 0 Å². The van der Waals surface area contributed by atoms with Crippen molar-refractivity contribution in [1.82, 2.24) is 10.2 Å². The first-order valence-electron chi connectivity index (χ1n) is 11.9. The van der Waals surface area contributed by atoms with Gasteiger partial charge in [-0.05, 0) is 47.4 Å². The van der Waals surface area contributed by atoms with Gasteiger partial charge in [0, 0.05) is 19.5 Å². The normalized spacial score (nSPS) is 11.4. The minimum absolute atomic E-state index is 0.120. The average Bonchev–Trinajstić information content (AvgIpc) is 2.90. The van der Waals surface area contributed by atoms with E-state index in [4.69, 9.17) is 9.47 Å². The molecule has 184 valence electrons. The zero-order valence-corrected chi connectivity index (χ0v) is 20.7. The standard InChI is InChI=1S/C29H34N2O4/c1-4-17-30-29(33)27(19-22-9-6-5-7-10-22)31(21-24-11-8-12-26(18-24)35-3)28(32)20-23-13-15-25(34-2)16-14-23/h5-16,18,27H,4,17,19-21H2,1-3H3,(H,30,33)/t27-/m0/s1. The number of amides is 2. The predicted molar refractivity (Wildman–Crippen MR) is 137 cm³/mol. The molecule has 0 saturated heterocycles. The number of benzene rings is 3. The third-order valence-electron chi connectivity index (χ3n) is 5.82. The van der Waals surface area contributed by atoms with E-state index in [1.165, 1.54) is 0 Å². The van der Waals surface area contributed by atoms with Crippen molar-refractivity contribution in [3.8, 4) is 11.5 Å². The van der Waals surface area contributed by atoms with E-state index >= 15 is 0 Å². The van der Waals surface area contributed by atoms with Crippen LogP contribution in [0.5, 0.6) is 11.5 Å². The van der Waals surface area contributed by atoms with Crippen LogP contribution < -0.4 is 14.8 Å². The molecule has 35 heavy (non-hydrogen) atoms. The van der Waals surface area contributed by atoms with Gasteiger partial charge in [-0.25, -0.2) is 0 Å². The van der Waals surface area contributed by atoms with Crippen molar-refractivity contribution in [2.45, 2.75) is 38.8 Å². The highest BCUT2D eigenvalue weighted by molar-refractivity contribution is 5.88. The quantitative estimate of drug-likeness (QED) is 0.422. The maximum atomic E-state index is 13.7. The van der Waals surface area contributed by atoms with E-state index in [0.717, 1.165) is 28.9 Å². The summed E-state index contributed by atoms with van der Waals surface area (Å²) in [5.74, 6) is 1.17. The van der Waals surface area contributed by atoms with E-state index in [1.807, 2.05) is 85.8 Å². The third-order valence-corrected chi connectivity index (χ3v) is 5.82. The second kappa shape index (κ2) is 13.2. The maximum Gasteiger partial charge on any atom is 0.243 e. The van der Waals surface area contributed by atoms with E-state index in [1.54, 1.807) is 19.1 Å². The molecule has 3 rings (SSSR count). The lowest BCUT2D eigenvalue weighted by Crippen LogP contribution is -2.51. The van der Waals surface area contributed by atoms with Crippen LogP contribution in [0.25, 0.3) is 0 Å². The molecule has 0 saturated carbocycles. The summed E-state index contributed by atoms with van der Waals surface area (Å²) in [4.78, 5) is 28.8. The molecule has 0 aliphatic rings. The zero-order valence-electron chi connectivity index (χ0n) is 20.7. The summed E-state index contributed by atoms with van der Waals surface area (Å²) in [6, 6.07) is 24.2. The van der Waals surface area contributed by atoms with Gasteiger partial charge in [-0.15, -0.1) is 0 Å². The van der Waals surface area contributed by atoms with E-state index in [9.17, 15) is 9.59 Å². The van der Waals surface area contributed by atoms with E-state index in [-0.39, 0.29) is 18.2 Å². The highest BCUT2D eigenvalue weighted by Crippen LogP contribution is 2.20. The fourth-order valence-corrected chi connectivity index (χ4v) is 3.91. The van der Waals surface area contributed by atoms with Crippen LogP contribution in [0.2, 0.25) is 0 Å². The van der Waals surface area contributed by atoms with Gasteiger partial charge in [0.2, 0.25) is 11.8 Å². The lowest BCUT2D eigenvalue weighted by atomic mass is 10.0. The Balaban J connectivity index is 1.94. The molecule has 0 spiro atoms. The van der Waals surface area contributed by atoms with Crippen molar-refractivity contribution in [3.05, 3.63) is 95.6 Å². The van der Waals surface area contributed by atoms with E-state index in [0.29, 0.717) is 25.3 Å². The van der Waals surface area contributed by atoms with Crippen LogP contribution in [0.4, 0.5) is 0 Å². The van der Waals surface area contributed by atoms with E-state index in [2.05, 4.69) is 5.32 Å². The van der Waals surface area contributed by atoms with Crippen LogP contribution in [0, 0.1) is 0 Å². The van der Waals surface area contributed by atoms with Gasteiger partial charge in [0.25, 0.3) is 0 Å². The smallest absolute Gasteiger partial charge is 0.243 e. The van der Waals surface area contributed by atoms with E-state index < -0.39 is 6.04 Å². The molecule has 0 aromatic heterocycles. The van der Waals surface area contributed by atoms with Crippen molar-refractivity contribution in [3.63, 3.8) is 0 Å². The first-order valence-corrected chi connectivity index (χ1v) is 11.9. The summed E-state index contributed by atoms with van der Waals surface area (Å²) in [6.45, 7) is 2.86. The molecular formula is C29H34N2O4. The molecule has 1 N–H and O–H groups in total. The summed E-state index contributed by atoms with van der Waals surface area (Å²) >= 11 is 0. The largest absolute Gasteiger partial charge is 0.497 e. The Bertz CT molecular complexity index is 1080. The third kappa shape index (κ3) is 7.60. The first-order chi connectivity index (χ1) is 17.0. The van der Waals surface area contributed by atoms with Crippen LogP contribution in [0.15, 0.2) is 78.9 Å². The SMILES string of the molecule is CCCNC(=O)[C@H](Cc1ccccc1)N(Cc1cccc(OC)c1)C(=O)Cc1ccc(OC)cc1. The summed E-state index contributed by atoms with van der Waals surface area (Å²) in [6.07, 6.45) is 1.43. The van der Waals surface area contributed by atoms with Crippen molar-refractivity contribution < 1.29 is 19.1 Å². The molecule has 0 heterocycles. The minimum Gasteiger partial charge on any atom is -0.497 e. The van der Waals surface area contributed by atoms with Crippen molar-refractivity contribution in [2.24, 2.45) is 0 Å². The zero-order chi connectivity index (χ0) is 25.0. The molecule has 1 atom stereocenters. The van der Waals surface area contributed by atoms with Crippen LogP contribution in [0.1, 0.15) is 30.0 Å². The van der Waals surface area contributed by atoms with Crippen LogP contribution >= 0.6 is 0 Å². The van der Waals surface area contributed by atoms with Gasteiger partial charge in [-0.2, -0.15) is 0 Å². The number of hydrogen-bond donors (Lipinski definition) is 1. The minimum atomic E-state index is -0.652. The molecule has 2 amide bonds. The predicted octanol–water partition coefficient (Wildman–Crippen LogP) is 4.41. The number of nitrogens with one attached hydrogen (secondary N) is 1. The maximum absolute atomic E-state index is 13.7. The Kier molecular flexibility index (Phi) is 9.72. The van der Waals surface area contributed by atoms with Gasteiger partial charge < -0.3 is 19.7 Å². The van der Waals surface area contributed by atoms with Crippen LogP contribution in [0.3, 0.4) is 0 Å². The number of methoxy groups -OCH3 is 2. The Hall–Kier alpha value is -3.80. The number of hydrogen-bond acceptors (Lipinski definition) is 4. The lowest BCUT2D eigenvalue weighted by Gasteiger charge is -2.32. The molecule has 0 aliphatic heterocycles. The van der Waals surface area contributed by atoms with Crippen LogP contribution in [-0.2, 0) is 29.0 Å². The number of ether oxygens (including phenoxy) is 2. The fourth-order valence-electron chi connectivity index (χ4n) is 3.91. The summed E-state index contributed by atoms with van der Waals surface area (Å²) in [7, 11) is 3.22. The fraction of sp³-hybridized carbons (Fsp3) is 0.310. The molecule has 0 fully saturated rings. The second-order valence-corrected chi connectivity index (χ2v) is 8.39. The Morgan fingerprint density at radius 3 is 2.17 bits per heavy atom. The van der Waals surface area contributed by atoms with Gasteiger partial charge in [-0.1, -0.05) is 61.5 Å². The molecule has 3 aromatic carbocycles. The number of carbonyl (C=O) groups is 2. The second-order valence-electron chi connectivity index (χ2n) is 8.39. The van der Waals surface area contributed by atoms with Gasteiger partial charge >= 0.3 is 0 Å². The van der Waals surface area contributed by atoms with Crippen molar-refractivity contribution >= 4 is 11.8 Å². The monoisotopic (exact) mass is 474 g/mol. The molecule has 0 aliphatic carbocycles. The van der Waals surface area contributed by atoms with Crippen LogP contribution in [-0.4, -0.2) is 43.5 Å². The lowest BCUT2D eigenvalue weighted by molar-refractivity contribution is -0.140. The number of rotatable bonds is 12. The number of nitrogens with zero attached hydrogens (tertiary/aromatic N) is 1. The van der Waals surface area contributed by atoms with Crippen molar-refractivity contribution in [1.29, 1.82) is 0 Å². The molecule has 0 bridgehead atoms. The Morgan fingerprint density at radius 1 is 0.829 bits per heavy atom. The molecule has 6 heteroatoms. The van der Waals surface area contributed by atoms with Crippen molar-refractivity contribution in [2.75, 3.05) is 20.8 Å². The first kappa shape index (κ1) is 25.8. The highest BCUT2D eigenvalue weighted by atomic mass is 16.5. The Labute approximate surface area is 207 Å². The topological polar surface area (TPSA) is 67.9 Å². The molecule has 6 nitrogen and oxygen atoms in total. The van der Waals surface area contributed by atoms with Gasteiger partial charge in [0.05, 0.1) is 20.6 Å². The Morgan fingerprint density at radius 2 is 1.51 bits per heavy atom. The van der Waals surface area contributed by atoms with Gasteiger partial charge in [0.1, 0.15) is 17.5 Å². The molecule has 3 aromatic rings. The number of carbonyl (C=O) groups excluding carboxylic acids is 2. The molecule has 0 radical (unpaired) electrons. The molecule has 0 unspecified atom stereocenters. The summed E-state index contributed by atoms with van der Waals surface area (Å²) in [5, 5.41) is 3.00. The molecular weight excluding hydrogens is 440 g/mol. The van der Waals surface area contributed by atoms with Gasteiger partial charge in [-0.3, -0.25) is 9.59 Å². The summed E-state index contributed by atoms with van der Waals surface area (Å²) in [5.41, 5.74) is 2.75.